The number of esters is 1. The summed E-state index contributed by atoms with van der Waals surface area (Å²) in [5.41, 5.74) is -5.63. The Morgan fingerprint density at radius 1 is 0.879 bits per heavy atom. The normalized spacial score (nSPS) is 14.7. The van der Waals surface area contributed by atoms with E-state index in [4.69, 9.17) is 4.52 Å². The Morgan fingerprint density at radius 2 is 1.44 bits per heavy atom. The molecule has 4 atom stereocenters. The molecule has 0 aliphatic rings. The number of ketones is 1. The topological polar surface area (TPSA) is 199 Å². The van der Waals surface area contributed by atoms with Gasteiger partial charge in [0.05, 0.1) is 49.2 Å². The zero-order valence-electron chi connectivity index (χ0n) is 35.6. The second-order valence-electron chi connectivity index (χ2n) is 16.0. The number of alkyl halides is 8. The van der Waals surface area contributed by atoms with Crippen LogP contribution in [0.25, 0.3) is 11.3 Å². The predicted molar refractivity (Wildman–Crippen MR) is 219 cm³/mol. The zero-order valence-corrected chi connectivity index (χ0v) is 38.7. The number of methoxy groups -OCH3 is 2. The first-order valence-corrected chi connectivity index (χ1v) is 21.8. The number of carbonyl (C=O) groups is 4. The molecule has 27 heteroatoms. The number of ether oxygens (including phenoxy) is 2. The van der Waals surface area contributed by atoms with E-state index in [1.165, 1.54) is 24.3 Å². The molecule has 3 rings (SSSR count). The van der Waals surface area contributed by atoms with Crippen molar-refractivity contribution < 1.29 is 91.4 Å². The van der Waals surface area contributed by atoms with Crippen LogP contribution >= 0.6 is 30.4 Å². The van der Waals surface area contributed by atoms with Crippen molar-refractivity contribution in [1.82, 2.24) is 25.5 Å². The summed E-state index contributed by atoms with van der Waals surface area (Å²) in [6, 6.07) is 5.72. The molecule has 3 aromatic rings. The number of hydrogen-bond donors (Lipinski definition) is 4. The number of Topliss-reactive ketones (excluding diaryl/α,β-unsaturated/α-hetero) is 1. The fourth-order valence-corrected chi connectivity index (χ4v) is 7.45. The van der Waals surface area contributed by atoms with E-state index in [0.29, 0.717) is 48.4 Å². The summed E-state index contributed by atoms with van der Waals surface area (Å²) in [7, 11) is -4.22. The Bertz CT molecular complexity index is 2220. The highest BCUT2D eigenvalue weighted by atomic mass is 127. The van der Waals surface area contributed by atoms with Gasteiger partial charge in [0.25, 0.3) is 0 Å². The van der Waals surface area contributed by atoms with Gasteiger partial charge in [-0.1, -0.05) is 26.0 Å². The Kier molecular flexibility index (Phi) is 18.8. The number of alkyl carbamates (subject to hydrolysis) is 1. The van der Waals surface area contributed by atoms with Crippen molar-refractivity contribution in [2.75, 3.05) is 20.8 Å². The minimum Gasteiger partial charge on any atom is -0.469 e. The minimum atomic E-state index is -5.81. The van der Waals surface area contributed by atoms with Gasteiger partial charge in [0, 0.05) is 40.4 Å². The first-order valence-electron chi connectivity index (χ1n) is 19.1. The highest BCUT2D eigenvalue weighted by Crippen LogP contribution is 2.46. The average Bonchev–Trinajstić information content (AvgIpc) is 3.70. The maximum atomic E-state index is 16.0. The van der Waals surface area contributed by atoms with E-state index in [2.05, 4.69) is 14.6 Å². The van der Waals surface area contributed by atoms with Crippen LogP contribution in [0, 0.1) is 37.9 Å². The standard InChI is InChI=1S/C39H45F10IN5O10P/c1-36(2,38(44,45)46)25(17-31(57)63-5)33(58)53-54(18-24-26(40)14-21(15-27(24)41)28-11-12-55(52-28)34(42)43)19-30(65-66(60,61)62)22(13-20-7-9-23(50)10-8-20)16-29(56)32(51-35(59)64-6)37(3,4)39(47,48)49/h7-12,14-15,22,25,30,32,34H,13,16-19H2,1-6H3,(H,51,59)(H,53,58)(H2,60,61,62)/t22-,25-,30+,32-/m1/s1. The van der Waals surface area contributed by atoms with E-state index in [0.717, 1.165) is 26.5 Å². The van der Waals surface area contributed by atoms with Crippen molar-refractivity contribution in [3.05, 3.63) is 75.0 Å². The zero-order chi connectivity index (χ0) is 50.3. The number of nitrogens with zero attached hydrogens (tertiary/aromatic N) is 3. The molecule has 0 aliphatic carbocycles. The summed E-state index contributed by atoms with van der Waals surface area (Å²) >= 11 is 1.91. The van der Waals surface area contributed by atoms with Gasteiger partial charge in [-0.05, 0) is 84.7 Å². The minimum absolute atomic E-state index is 0.167. The van der Waals surface area contributed by atoms with Crippen LogP contribution in [-0.4, -0.2) is 93.6 Å². The van der Waals surface area contributed by atoms with Gasteiger partial charge in [0.15, 0.2) is 5.78 Å². The molecule has 4 N–H and O–H groups in total. The molecule has 15 nitrogen and oxygen atoms in total. The Balaban J connectivity index is 2.30. The number of hydrogen-bond acceptors (Lipinski definition) is 10. The summed E-state index contributed by atoms with van der Waals surface area (Å²) < 4.78 is 172. The summed E-state index contributed by atoms with van der Waals surface area (Å²) in [6.07, 6.45) is -16.2. The summed E-state index contributed by atoms with van der Waals surface area (Å²) in [5.74, 6) is -11.5. The number of benzene rings is 2. The second-order valence-corrected chi connectivity index (χ2v) is 18.4. The monoisotopic (exact) mass is 1090 g/mol. The third-order valence-corrected chi connectivity index (χ3v) is 11.9. The molecule has 0 saturated heterocycles. The number of halogens is 11. The van der Waals surface area contributed by atoms with E-state index in [1.54, 1.807) is 0 Å². The van der Waals surface area contributed by atoms with Gasteiger partial charge in [0.2, 0.25) is 5.91 Å². The van der Waals surface area contributed by atoms with E-state index >= 15 is 8.78 Å². The molecule has 0 radical (unpaired) electrons. The molecule has 66 heavy (non-hydrogen) atoms. The van der Waals surface area contributed by atoms with E-state index in [1.807, 2.05) is 33.3 Å². The molecule has 1 heterocycles. The Morgan fingerprint density at radius 3 is 1.91 bits per heavy atom. The van der Waals surface area contributed by atoms with Crippen LogP contribution in [-0.2, 0) is 45.9 Å². The molecular weight excluding hydrogens is 1050 g/mol. The van der Waals surface area contributed by atoms with Crippen LogP contribution in [0.1, 0.15) is 58.2 Å². The molecule has 0 aliphatic heterocycles. The van der Waals surface area contributed by atoms with Crippen molar-refractivity contribution >= 4 is 54.2 Å². The SMILES string of the molecule is COC(=O)C[C@H](C(=O)NN(Cc1c(F)cc(-c2ccn(C(F)F)n2)cc1F)C[C@H](OP(=O)(O)O)[C@@H](CC(=O)[C@@H](NC(=O)OC)C(C)(C)C(F)(F)F)Cc1ccc(I)cc1)C(C)(C)C(F)(F)F. The Labute approximate surface area is 384 Å². The van der Waals surface area contributed by atoms with Gasteiger partial charge in [-0.3, -0.25) is 24.3 Å². The molecule has 0 unspecified atom stereocenters. The van der Waals surface area contributed by atoms with E-state index < -0.39 is 140 Å². The van der Waals surface area contributed by atoms with Crippen molar-refractivity contribution in [3.8, 4) is 11.3 Å². The molecule has 2 amide bonds. The van der Waals surface area contributed by atoms with Crippen molar-refractivity contribution in [3.63, 3.8) is 0 Å². The van der Waals surface area contributed by atoms with Gasteiger partial charge >= 0.3 is 38.8 Å². The molecule has 368 valence electrons. The highest BCUT2D eigenvalue weighted by molar-refractivity contribution is 14.1. The lowest BCUT2D eigenvalue weighted by Gasteiger charge is -2.38. The van der Waals surface area contributed by atoms with Crippen LogP contribution < -0.4 is 10.7 Å². The van der Waals surface area contributed by atoms with Crippen LogP contribution in [0.3, 0.4) is 0 Å². The van der Waals surface area contributed by atoms with Gasteiger partial charge in [0.1, 0.15) is 17.7 Å². The third-order valence-electron chi connectivity index (χ3n) is 10.7. The lowest BCUT2D eigenvalue weighted by atomic mass is 9.75. The van der Waals surface area contributed by atoms with Gasteiger partial charge in [-0.25, -0.2) is 27.8 Å². The molecule has 0 bridgehead atoms. The van der Waals surface area contributed by atoms with Crippen LogP contribution in [0.4, 0.5) is 48.7 Å². The Hall–Kier alpha value is -4.37. The largest absolute Gasteiger partial charge is 0.469 e. The number of aromatic nitrogens is 2. The van der Waals surface area contributed by atoms with E-state index in [9.17, 15) is 68.7 Å². The number of hydrazine groups is 1. The number of rotatable bonds is 21. The predicted octanol–water partition coefficient (Wildman–Crippen LogP) is 8.04. The summed E-state index contributed by atoms with van der Waals surface area (Å²) in [4.78, 5) is 73.0. The number of amides is 2. The first kappa shape index (κ1) is 56.0. The lowest BCUT2D eigenvalue weighted by molar-refractivity contribution is -0.231. The third kappa shape index (κ3) is 14.8. The number of phosphoric ester groups is 1. The summed E-state index contributed by atoms with van der Waals surface area (Å²) in [5, 5.41) is 5.78. The fraction of sp³-hybridized carbons (Fsp3) is 0.513. The fourth-order valence-electron chi connectivity index (χ4n) is 6.50. The van der Waals surface area contributed by atoms with Crippen LogP contribution in [0.2, 0.25) is 0 Å². The number of carbonyl (C=O) groups excluding carboxylic acids is 4. The van der Waals surface area contributed by atoms with E-state index in [-0.39, 0.29) is 15.9 Å². The molecule has 0 spiro atoms. The molecule has 1 aromatic heterocycles. The number of nitrogens with one attached hydrogen (secondary N) is 2. The first-order chi connectivity index (χ1) is 30.2. The summed E-state index contributed by atoms with van der Waals surface area (Å²) in [6.45, 7) is -3.42. The van der Waals surface area contributed by atoms with Crippen molar-refractivity contribution in [2.24, 2.45) is 22.7 Å². The molecule has 0 fully saturated rings. The van der Waals surface area contributed by atoms with Crippen molar-refractivity contribution in [2.45, 2.75) is 84.5 Å². The molecular formula is C39H45F10IN5O10P. The smallest absolute Gasteiger partial charge is 0.469 e. The van der Waals surface area contributed by atoms with Gasteiger partial charge in [-0.2, -0.15) is 40.2 Å². The highest BCUT2D eigenvalue weighted by Gasteiger charge is 2.57. The van der Waals surface area contributed by atoms with Gasteiger partial charge in [-0.15, -0.1) is 0 Å². The second kappa shape index (κ2) is 22.2. The van der Waals surface area contributed by atoms with Crippen molar-refractivity contribution in [1.29, 1.82) is 0 Å². The van der Waals surface area contributed by atoms with Crippen LogP contribution in [0.5, 0.6) is 0 Å². The maximum absolute atomic E-state index is 16.0. The van der Waals surface area contributed by atoms with Gasteiger partial charge < -0.3 is 24.6 Å². The maximum Gasteiger partial charge on any atom is 0.469 e. The average molecular weight is 1090 g/mol. The lowest BCUT2D eigenvalue weighted by Crippen LogP contribution is -2.57. The molecule has 2 aromatic carbocycles. The van der Waals surface area contributed by atoms with Crippen LogP contribution in [0.15, 0.2) is 48.7 Å². The number of phosphoric acid groups is 1. The quantitative estimate of drug-likeness (QED) is 0.0264. The molecule has 0 saturated carbocycles.